The maximum Gasteiger partial charge on any atom is 0.0910 e. The van der Waals surface area contributed by atoms with Crippen LogP contribution in [0, 0.1) is 0 Å². The molecular formula is C20H15N2P. The summed E-state index contributed by atoms with van der Waals surface area (Å²) >= 11 is 0. The number of aromatic nitrogens is 2. The first-order valence-corrected chi connectivity index (χ1v) is 8.88. The van der Waals surface area contributed by atoms with Crippen LogP contribution in [0.3, 0.4) is 0 Å². The van der Waals surface area contributed by atoms with Gasteiger partial charge in [-0.15, -0.1) is 0 Å². The van der Waals surface area contributed by atoms with E-state index in [0.29, 0.717) is 0 Å². The molecule has 1 heterocycles. The van der Waals surface area contributed by atoms with Crippen LogP contribution in [0.1, 0.15) is 0 Å². The summed E-state index contributed by atoms with van der Waals surface area (Å²) in [6.07, 6.45) is 1.92. The summed E-state index contributed by atoms with van der Waals surface area (Å²) in [7, 11) is -0.693. The predicted molar refractivity (Wildman–Crippen MR) is 98.2 cm³/mol. The molecule has 1 aromatic heterocycles. The topological polar surface area (TPSA) is 25.8 Å². The molecule has 0 aliphatic carbocycles. The highest BCUT2D eigenvalue weighted by Crippen LogP contribution is 2.31. The molecule has 0 radical (unpaired) electrons. The zero-order valence-corrected chi connectivity index (χ0v) is 13.4. The van der Waals surface area contributed by atoms with Crippen LogP contribution in [0.5, 0.6) is 0 Å². The normalized spacial score (nSPS) is 11.0. The van der Waals surface area contributed by atoms with Gasteiger partial charge < -0.3 is 0 Å². The van der Waals surface area contributed by atoms with Crippen molar-refractivity contribution < 1.29 is 0 Å². The summed E-state index contributed by atoms with van der Waals surface area (Å²) in [5.74, 6) is 0. The van der Waals surface area contributed by atoms with Gasteiger partial charge in [0.1, 0.15) is 0 Å². The summed E-state index contributed by atoms with van der Waals surface area (Å²) in [6, 6.07) is 29.2. The van der Waals surface area contributed by atoms with Gasteiger partial charge in [-0.25, -0.2) is 4.98 Å². The highest BCUT2D eigenvalue weighted by molar-refractivity contribution is 7.79. The van der Waals surface area contributed by atoms with E-state index in [1.165, 1.54) is 10.6 Å². The van der Waals surface area contributed by atoms with Crippen molar-refractivity contribution in [2.75, 3.05) is 0 Å². The molecule has 0 amide bonds. The van der Waals surface area contributed by atoms with Crippen molar-refractivity contribution in [2.24, 2.45) is 0 Å². The van der Waals surface area contributed by atoms with Crippen molar-refractivity contribution in [3.8, 4) is 0 Å². The van der Waals surface area contributed by atoms with Crippen LogP contribution in [0.15, 0.2) is 91.1 Å². The maximum atomic E-state index is 4.89. The lowest BCUT2D eigenvalue weighted by Crippen LogP contribution is -2.23. The number of hydrogen-bond acceptors (Lipinski definition) is 2. The third kappa shape index (κ3) is 2.86. The summed E-state index contributed by atoms with van der Waals surface area (Å²) in [5, 5.41) is 2.58. The van der Waals surface area contributed by atoms with Gasteiger partial charge in [0.25, 0.3) is 0 Å². The highest BCUT2D eigenvalue weighted by atomic mass is 31.1. The SMILES string of the molecule is c1ccc(P(c2ccccc2)c2cnc3ccccc3n2)cc1. The van der Waals surface area contributed by atoms with Gasteiger partial charge in [-0.3, -0.25) is 4.98 Å². The van der Waals surface area contributed by atoms with Crippen molar-refractivity contribution in [3.05, 3.63) is 91.1 Å². The Morgan fingerprint density at radius 3 is 1.70 bits per heavy atom. The van der Waals surface area contributed by atoms with Gasteiger partial charge in [-0.2, -0.15) is 0 Å². The van der Waals surface area contributed by atoms with Crippen molar-refractivity contribution >= 4 is 35.0 Å². The third-order valence-electron chi connectivity index (χ3n) is 3.69. The van der Waals surface area contributed by atoms with Crippen LogP contribution >= 0.6 is 7.92 Å². The largest absolute Gasteiger partial charge is 0.252 e. The van der Waals surface area contributed by atoms with E-state index in [-0.39, 0.29) is 0 Å². The fourth-order valence-electron chi connectivity index (χ4n) is 2.62. The number of fused-ring (bicyclic) bond motifs is 1. The van der Waals surface area contributed by atoms with Crippen molar-refractivity contribution in [3.63, 3.8) is 0 Å². The molecule has 0 N–H and O–H groups in total. The molecule has 0 bridgehead atoms. The number of para-hydroxylation sites is 2. The molecule has 0 spiro atoms. The summed E-state index contributed by atoms with van der Waals surface area (Å²) in [4.78, 5) is 9.50. The summed E-state index contributed by atoms with van der Waals surface area (Å²) in [6.45, 7) is 0. The van der Waals surface area contributed by atoms with Gasteiger partial charge in [0.2, 0.25) is 0 Å². The molecule has 3 aromatic carbocycles. The molecule has 0 saturated carbocycles. The molecule has 0 saturated heterocycles. The van der Waals surface area contributed by atoms with Crippen molar-refractivity contribution in [1.29, 1.82) is 0 Å². The van der Waals surface area contributed by atoms with Crippen molar-refractivity contribution in [2.45, 2.75) is 0 Å². The predicted octanol–water partition coefficient (Wildman–Crippen LogP) is 3.39. The lowest BCUT2D eigenvalue weighted by atomic mass is 10.3. The van der Waals surface area contributed by atoms with Gasteiger partial charge in [0.15, 0.2) is 0 Å². The number of nitrogens with zero attached hydrogens (tertiary/aromatic N) is 2. The first-order valence-electron chi connectivity index (χ1n) is 7.54. The molecule has 3 heteroatoms. The third-order valence-corrected chi connectivity index (χ3v) is 6.00. The lowest BCUT2D eigenvalue weighted by molar-refractivity contribution is 1.34. The Morgan fingerprint density at radius 2 is 1.09 bits per heavy atom. The fraction of sp³-hybridized carbons (Fsp3) is 0. The number of rotatable bonds is 3. The van der Waals surface area contributed by atoms with E-state index in [4.69, 9.17) is 4.98 Å². The van der Waals surface area contributed by atoms with Gasteiger partial charge in [-0.1, -0.05) is 72.8 Å². The van der Waals surface area contributed by atoms with Crippen LogP contribution in [0.4, 0.5) is 0 Å². The minimum Gasteiger partial charge on any atom is -0.252 e. The minimum absolute atomic E-state index is 0.693. The second-order valence-corrected chi connectivity index (χ2v) is 7.39. The second-order valence-electron chi connectivity index (χ2n) is 5.22. The van der Waals surface area contributed by atoms with E-state index < -0.39 is 7.92 Å². The molecule has 2 nitrogen and oxygen atoms in total. The number of hydrogen-bond donors (Lipinski definition) is 0. The number of benzene rings is 3. The van der Waals surface area contributed by atoms with Crippen LogP contribution < -0.4 is 16.0 Å². The zero-order valence-electron chi connectivity index (χ0n) is 12.5. The Balaban J connectivity index is 1.90. The quantitative estimate of drug-likeness (QED) is 0.542. The second kappa shape index (κ2) is 6.28. The molecule has 0 aliphatic rings. The summed E-state index contributed by atoms with van der Waals surface area (Å²) in [5.41, 5.74) is 2.92. The average molecular weight is 314 g/mol. The Hall–Kier alpha value is -2.57. The minimum atomic E-state index is -0.693. The molecule has 0 fully saturated rings. The summed E-state index contributed by atoms with van der Waals surface area (Å²) < 4.78 is 0. The Bertz CT molecular complexity index is 884. The van der Waals surface area contributed by atoms with Gasteiger partial charge in [-0.05, 0) is 22.7 Å². The maximum absolute atomic E-state index is 4.89. The van der Waals surface area contributed by atoms with E-state index in [2.05, 4.69) is 53.5 Å². The molecule has 0 aliphatic heterocycles. The van der Waals surface area contributed by atoms with Gasteiger partial charge in [0, 0.05) is 7.92 Å². The first-order chi connectivity index (χ1) is 11.4. The standard InChI is InChI=1S/C20H15N2P/c1-3-9-16(10-4-1)23(17-11-5-2-6-12-17)20-15-21-18-13-7-8-14-19(18)22-20/h1-15H. The van der Waals surface area contributed by atoms with E-state index in [1.54, 1.807) is 0 Å². The molecule has 0 atom stereocenters. The molecular weight excluding hydrogens is 299 g/mol. The van der Waals surface area contributed by atoms with Gasteiger partial charge in [0.05, 0.1) is 22.7 Å². The van der Waals surface area contributed by atoms with E-state index >= 15 is 0 Å². The first kappa shape index (κ1) is 14.0. The van der Waals surface area contributed by atoms with Crippen molar-refractivity contribution in [1.82, 2.24) is 9.97 Å². The average Bonchev–Trinajstić information content (AvgIpc) is 2.64. The van der Waals surface area contributed by atoms with E-state index in [0.717, 1.165) is 16.5 Å². The molecule has 0 unspecified atom stereocenters. The monoisotopic (exact) mass is 314 g/mol. The lowest BCUT2D eigenvalue weighted by Gasteiger charge is -2.18. The van der Waals surface area contributed by atoms with E-state index in [1.807, 2.05) is 42.6 Å². The zero-order chi connectivity index (χ0) is 15.5. The Morgan fingerprint density at radius 1 is 0.565 bits per heavy atom. The Labute approximate surface area is 136 Å². The molecule has 4 rings (SSSR count). The molecule has 110 valence electrons. The van der Waals surface area contributed by atoms with Gasteiger partial charge >= 0.3 is 0 Å². The van der Waals surface area contributed by atoms with Crippen LogP contribution in [0.2, 0.25) is 0 Å². The van der Waals surface area contributed by atoms with Crippen LogP contribution in [-0.2, 0) is 0 Å². The van der Waals surface area contributed by atoms with Crippen LogP contribution in [0.25, 0.3) is 11.0 Å². The highest BCUT2D eigenvalue weighted by Gasteiger charge is 2.18. The molecule has 4 aromatic rings. The van der Waals surface area contributed by atoms with Crippen LogP contribution in [-0.4, -0.2) is 9.97 Å². The van der Waals surface area contributed by atoms with E-state index in [9.17, 15) is 0 Å². The molecule has 23 heavy (non-hydrogen) atoms. The fourth-order valence-corrected chi connectivity index (χ4v) is 4.77. The smallest absolute Gasteiger partial charge is 0.0910 e. The Kier molecular flexibility index (Phi) is 3.83.